The van der Waals surface area contributed by atoms with Gasteiger partial charge in [-0.3, -0.25) is 10.4 Å². The van der Waals surface area contributed by atoms with Crippen LogP contribution in [0.25, 0.3) is 0 Å². The molecular formula is C27H26Cl2FN7O. The van der Waals surface area contributed by atoms with Crippen LogP contribution in [0.3, 0.4) is 0 Å². The first kappa shape index (κ1) is 27.3. The molecule has 1 aliphatic rings. The highest BCUT2D eigenvalue weighted by molar-refractivity contribution is 6.35. The summed E-state index contributed by atoms with van der Waals surface area (Å²) in [4.78, 5) is 10.00. The first-order valence-corrected chi connectivity index (χ1v) is 12.5. The van der Waals surface area contributed by atoms with Crippen LogP contribution in [-0.2, 0) is 0 Å². The number of rotatable bonds is 10. The average molecular weight is 554 g/mol. The Morgan fingerprint density at radius 2 is 2.05 bits per heavy atom. The molecule has 1 fully saturated rings. The largest absolute Gasteiger partial charge is 0.486 e. The summed E-state index contributed by atoms with van der Waals surface area (Å²) in [5.41, 5.74) is 7.26. The second-order valence-corrected chi connectivity index (χ2v) is 9.89. The monoisotopic (exact) mass is 553 g/mol. The van der Waals surface area contributed by atoms with Gasteiger partial charge in [-0.15, -0.1) is 6.58 Å². The molecule has 4 rings (SSSR count). The number of nitrogen functional groups attached to an aromatic ring is 1. The van der Waals surface area contributed by atoms with Crippen LogP contribution in [0.4, 0.5) is 15.9 Å². The predicted octanol–water partition coefficient (Wildman–Crippen LogP) is 5.31. The first-order chi connectivity index (χ1) is 18.2. The van der Waals surface area contributed by atoms with E-state index in [1.165, 1.54) is 24.7 Å². The number of hydrogen-bond acceptors (Lipinski definition) is 8. The standard InChI is InChI=1S/C27H26Cl2FN7O/c1-3-8-36-27(6-7-31)14-37(15-27)26-22(30)9-17(11-35-26)25(33)19-10-18(4-5-23(19)32)38-16(2)24-20(28)12-34-13-21(24)29/h3-5,9-13,16,33,36H,1,6,8,14-15,32H2,2H3/t16-/m1/s1. The molecular weight excluding hydrogens is 528 g/mol. The SMILES string of the molecule is C=CCNC1(CC#N)CN(c2ncc(C(=N)c3cc(O[C@H](C)c4c(Cl)cncc4Cl)ccc3N)cc2F)C1. The molecule has 2 aromatic heterocycles. The van der Waals surface area contributed by atoms with Crippen molar-refractivity contribution in [2.75, 3.05) is 30.3 Å². The molecule has 1 aliphatic heterocycles. The molecule has 0 aliphatic carbocycles. The van der Waals surface area contributed by atoms with Crippen molar-refractivity contribution in [3.63, 3.8) is 0 Å². The van der Waals surface area contributed by atoms with Gasteiger partial charge in [0, 0.05) is 60.6 Å². The minimum absolute atomic E-state index is 0.00591. The Balaban J connectivity index is 1.51. The molecule has 1 saturated heterocycles. The Bertz CT molecular complexity index is 1400. The third kappa shape index (κ3) is 5.58. The van der Waals surface area contributed by atoms with Gasteiger partial charge < -0.3 is 20.7 Å². The highest BCUT2D eigenvalue weighted by Gasteiger charge is 2.43. The summed E-state index contributed by atoms with van der Waals surface area (Å²) in [5, 5.41) is 21.9. The van der Waals surface area contributed by atoms with Gasteiger partial charge in [0.25, 0.3) is 0 Å². The third-order valence-corrected chi connectivity index (χ3v) is 6.94. The average Bonchev–Trinajstić information content (AvgIpc) is 2.86. The lowest BCUT2D eigenvalue weighted by Gasteiger charge is -2.50. The molecule has 0 bridgehead atoms. The van der Waals surface area contributed by atoms with Crippen LogP contribution in [0.1, 0.15) is 36.1 Å². The molecule has 8 nitrogen and oxygen atoms in total. The topological polar surface area (TPSA) is 124 Å². The molecule has 0 amide bonds. The van der Waals surface area contributed by atoms with E-state index in [1.807, 2.05) is 0 Å². The summed E-state index contributed by atoms with van der Waals surface area (Å²) in [6, 6.07) is 8.34. The molecule has 0 spiro atoms. The van der Waals surface area contributed by atoms with Gasteiger partial charge in [0.1, 0.15) is 11.9 Å². The second kappa shape index (κ2) is 11.4. The molecule has 38 heavy (non-hydrogen) atoms. The smallest absolute Gasteiger partial charge is 0.166 e. The zero-order valence-corrected chi connectivity index (χ0v) is 22.2. The number of benzene rings is 1. The van der Waals surface area contributed by atoms with E-state index in [9.17, 15) is 5.26 Å². The van der Waals surface area contributed by atoms with Gasteiger partial charge in [-0.1, -0.05) is 29.3 Å². The van der Waals surface area contributed by atoms with E-state index in [2.05, 4.69) is 27.9 Å². The molecule has 0 unspecified atom stereocenters. The molecule has 0 radical (unpaired) electrons. The number of nitriles is 1. The fourth-order valence-corrected chi connectivity index (χ4v) is 5.09. The second-order valence-electron chi connectivity index (χ2n) is 9.07. The number of nitrogens with two attached hydrogens (primary N) is 1. The summed E-state index contributed by atoms with van der Waals surface area (Å²) in [6.45, 7) is 6.90. The van der Waals surface area contributed by atoms with Crippen LogP contribution in [-0.4, -0.2) is 40.9 Å². The lowest BCUT2D eigenvalue weighted by atomic mass is 9.86. The minimum Gasteiger partial charge on any atom is -0.486 e. The van der Waals surface area contributed by atoms with Crippen molar-refractivity contribution in [1.29, 1.82) is 10.7 Å². The fourth-order valence-electron chi connectivity index (χ4n) is 4.41. The number of hydrogen-bond donors (Lipinski definition) is 3. The number of ether oxygens (including phenoxy) is 1. The number of aromatic nitrogens is 2. The molecule has 0 saturated carbocycles. The maximum atomic E-state index is 15.1. The van der Waals surface area contributed by atoms with Crippen LogP contribution in [0.2, 0.25) is 10.0 Å². The quantitative estimate of drug-likeness (QED) is 0.176. The van der Waals surface area contributed by atoms with Gasteiger partial charge in [-0.2, -0.15) is 5.26 Å². The number of nitrogens with one attached hydrogen (secondary N) is 2. The molecule has 3 heterocycles. The zero-order valence-electron chi connectivity index (χ0n) is 20.6. The Hall–Kier alpha value is -3.71. The van der Waals surface area contributed by atoms with Gasteiger partial charge in [0.2, 0.25) is 0 Å². The van der Waals surface area contributed by atoms with E-state index < -0.39 is 17.5 Å². The van der Waals surface area contributed by atoms with Crippen molar-refractivity contribution >= 4 is 40.4 Å². The van der Waals surface area contributed by atoms with E-state index in [0.29, 0.717) is 52.2 Å². The van der Waals surface area contributed by atoms with Crippen LogP contribution < -0.4 is 20.7 Å². The normalized spacial score (nSPS) is 14.8. The van der Waals surface area contributed by atoms with Crippen LogP contribution in [0, 0.1) is 22.6 Å². The molecule has 1 atom stereocenters. The van der Waals surface area contributed by atoms with Gasteiger partial charge in [0.05, 0.1) is 33.8 Å². The highest BCUT2D eigenvalue weighted by Crippen LogP contribution is 2.34. The number of pyridine rings is 2. The summed E-state index contributed by atoms with van der Waals surface area (Å²) >= 11 is 12.5. The van der Waals surface area contributed by atoms with Crippen molar-refractivity contribution in [2.45, 2.75) is 25.0 Å². The minimum atomic E-state index is -0.567. The lowest BCUT2D eigenvalue weighted by Crippen LogP contribution is -2.69. The number of nitrogens with zero attached hydrogens (tertiary/aromatic N) is 4. The van der Waals surface area contributed by atoms with Gasteiger partial charge in [-0.25, -0.2) is 9.37 Å². The lowest BCUT2D eigenvalue weighted by molar-refractivity contribution is 0.227. The molecule has 196 valence electrons. The summed E-state index contributed by atoms with van der Waals surface area (Å²) in [5.74, 6) is 0.0329. The van der Waals surface area contributed by atoms with Crippen molar-refractivity contribution in [2.24, 2.45) is 0 Å². The first-order valence-electron chi connectivity index (χ1n) is 11.8. The summed E-state index contributed by atoms with van der Waals surface area (Å²) in [7, 11) is 0. The molecule has 11 heteroatoms. The summed E-state index contributed by atoms with van der Waals surface area (Å²) in [6.07, 6.45) is 5.91. The van der Waals surface area contributed by atoms with E-state index in [-0.39, 0.29) is 23.5 Å². The molecule has 4 N–H and O–H groups in total. The Labute approximate surface area is 230 Å². The van der Waals surface area contributed by atoms with E-state index in [4.69, 9.17) is 39.1 Å². The molecule has 1 aromatic carbocycles. The van der Waals surface area contributed by atoms with E-state index in [0.717, 1.165) is 0 Å². The van der Waals surface area contributed by atoms with Crippen LogP contribution >= 0.6 is 23.2 Å². The zero-order chi connectivity index (χ0) is 27.4. The third-order valence-electron chi connectivity index (χ3n) is 6.34. The highest BCUT2D eigenvalue weighted by atomic mass is 35.5. The Morgan fingerprint density at radius 1 is 1.34 bits per heavy atom. The van der Waals surface area contributed by atoms with E-state index in [1.54, 1.807) is 36.1 Å². The van der Waals surface area contributed by atoms with Crippen molar-refractivity contribution < 1.29 is 9.13 Å². The Kier molecular flexibility index (Phi) is 8.17. The van der Waals surface area contributed by atoms with Crippen molar-refractivity contribution in [3.05, 3.63) is 88.1 Å². The van der Waals surface area contributed by atoms with Crippen LogP contribution in [0.15, 0.2) is 55.5 Å². The van der Waals surface area contributed by atoms with Gasteiger partial charge >= 0.3 is 0 Å². The number of halogens is 3. The predicted molar refractivity (Wildman–Crippen MR) is 148 cm³/mol. The van der Waals surface area contributed by atoms with Crippen molar-refractivity contribution in [3.8, 4) is 11.8 Å². The fraction of sp³-hybridized carbons (Fsp3) is 0.259. The maximum Gasteiger partial charge on any atom is 0.166 e. The molecule has 3 aromatic rings. The van der Waals surface area contributed by atoms with Gasteiger partial charge in [-0.05, 0) is 31.2 Å². The summed E-state index contributed by atoms with van der Waals surface area (Å²) < 4.78 is 21.1. The van der Waals surface area contributed by atoms with Crippen LogP contribution in [0.5, 0.6) is 5.75 Å². The maximum absolute atomic E-state index is 15.1. The van der Waals surface area contributed by atoms with Crippen molar-refractivity contribution in [1.82, 2.24) is 15.3 Å². The van der Waals surface area contributed by atoms with Gasteiger partial charge in [0.15, 0.2) is 11.6 Å². The number of anilines is 2. The van der Waals surface area contributed by atoms with E-state index >= 15 is 4.39 Å². The Morgan fingerprint density at radius 3 is 2.68 bits per heavy atom.